The minimum atomic E-state index is 0.315. The summed E-state index contributed by atoms with van der Waals surface area (Å²) >= 11 is 0. The van der Waals surface area contributed by atoms with Crippen LogP contribution in [0.25, 0.3) is 0 Å². The van der Waals surface area contributed by atoms with Gasteiger partial charge in [0.1, 0.15) is 0 Å². The van der Waals surface area contributed by atoms with Gasteiger partial charge in [-0.1, -0.05) is 13.8 Å². The molecular weight excluding hydrogens is 136 g/mol. The van der Waals surface area contributed by atoms with Crippen molar-refractivity contribution in [2.45, 2.75) is 39.7 Å². The Hall–Kier alpha value is -0.370. The molecule has 0 aliphatic heterocycles. The van der Waals surface area contributed by atoms with E-state index in [4.69, 9.17) is 5.41 Å². The van der Waals surface area contributed by atoms with Crippen LogP contribution in [0.3, 0.4) is 0 Å². The fraction of sp³-hybridized carbons (Fsp3) is 0.889. The van der Waals surface area contributed by atoms with Gasteiger partial charge in [-0.15, -0.1) is 0 Å². The molecule has 0 fully saturated rings. The van der Waals surface area contributed by atoms with E-state index in [0.29, 0.717) is 6.04 Å². The van der Waals surface area contributed by atoms with Crippen molar-refractivity contribution in [1.29, 1.82) is 5.41 Å². The van der Waals surface area contributed by atoms with Gasteiger partial charge in [0, 0.05) is 12.3 Å². The van der Waals surface area contributed by atoms with Gasteiger partial charge in [0.15, 0.2) is 0 Å². The maximum absolute atomic E-state index is 7.13. The van der Waals surface area contributed by atoms with Crippen molar-refractivity contribution in [3.63, 3.8) is 0 Å². The van der Waals surface area contributed by atoms with Crippen molar-refractivity contribution in [1.82, 2.24) is 4.90 Å². The first-order valence-electron chi connectivity index (χ1n) is 4.50. The predicted molar refractivity (Wildman–Crippen MR) is 50.4 cm³/mol. The van der Waals surface area contributed by atoms with Gasteiger partial charge in [-0.05, 0) is 32.9 Å². The zero-order valence-electron chi connectivity index (χ0n) is 7.93. The van der Waals surface area contributed by atoms with Crippen molar-refractivity contribution in [3.05, 3.63) is 0 Å². The van der Waals surface area contributed by atoms with Crippen molar-refractivity contribution in [3.8, 4) is 0 Å². The highest BCUT2D eigenvalue weighted by Gasteiger charge is 2.07. The van der Waals surface area contributed by atoms with E-state index in [1.54, 1.807) is 0 Å². The molecule has 0 saturated heterocycles. The van der Waals surface area contributed by atoms with Crippen LogP contribution in [0, 0.1) is 5.41 Å². The molecule has 0 bridgehead atoms. The maximum atomic E-state index is 7.13. The summed E-state index contributed by atoms with van der Waals surface area (Å²) in [4.78, 5) is 2.34. The summed E-state index contributed by atoms with van der Waals surface area (Å²) < 4.78 is 0. The molecule has 0 heterocycles. The van der Waals surface area contributed by atoms with Gasteiger partial charge in [0.25, 0.3) is 0 Å². The van der Waals surface area contributed by atoms with Crippen LogP contribution in [0.1, 0.15) is 33.6 Å². The summed E-state index contributed by atoms with van der Waals surface area (Å²) in [6.07, 6.45) is 3.88. The zero-order valence-corrected chi connectivity index (χ0v) is 7.93. The molecule has 0 radical (unpaired) electrons. The molecule has 0 aromatic heterocycles. The molecule has 1 N–H and O–H groups in total. The van der Waals surface area contributed by atoms with E-state index in [0.717, 1.165) is 13.1 Å². The summed E-state index contributed by atoms with van der Waals surface area (Å²) in [6.45, 7) is 8.67. The summed E-state index contributed by atoms with van der Waals surface area (Å²) in [5.74, 6) is 0. The number of hydrogen-bond acceptors (Lipinski definition) is 2. The van der Waals surface area contributed by atoms with Gasteiger partial charge in [-0.2, -0.15) is 0 Å². The van der Waals surface area contributed by atoms with Crippen molar-refractivity contribution in [2.24, 2.45) is 0 Å². The van der Waals surface area contributed by atoms with Crippen LogP contribution in [0.5, 0.6) is 0 Å². The number of hydrogen-bond donors (Lipinski definition) is 1. The standard InChI is InChI=1S/C9H20N2/c1-4-6-11(7-5-2)9(3)8-10/h8-10H,4-7H2,1-3H3. The molecule has 0 aromatic carbocycles. The zero-order chi connectivity index (χ0) is 8.69. The Morgan fingerprint density at radius 3 is 2.00 bits per heavy atom. The summed E-state index contributed by atoms with van der Waals surface area (Å²) in [6, 6.07) is 0.315. The number of rotatable bonds is 6. The van der Waals surface area contributed by atoms with E-state index in [1.807, 2.05) is 0 Å². The molecule has 2 heteroatoms. The van der Waals surface area contributed by atoms with Crippen LogP contribution >= 0.6 is 0 Å². The van der Waals surface area contributed by atoms with Crippen molar-refractivity contribution < 1.29 is 0 Å². The molecule has 1 unspecified atom stereocenters. The lowest BCUT2D eigenvalue weighted by Gasteiger charge is -2.24. The molecule has 0 aromatic rings. The van der Waals surface area contributed by atoms with Crippen molar-refractivity contribution >= 4 is 6.21 Å². The predicted octanol–water partition coefficient (Wildman–Crippen LogP) is 2.15. The third-order valence-electron chi connectivity index (χ3n) is 1.84. The van der Waals surface area contributed by atoms with E-state index in [-0.39, 0.29) is 0 Å². The largest absolute Gasteiger partial charge is 0.311 e. The lowest BCUT2D eigenvalue weighted by molar-refractivity contribution is 0.256. The monoisotopic (exact) mass is 156 g/mol. The second-order valence-electron chi connectivity index (χ2n) is 2.94. The lowest BCUT2D eigenvalue weighted by Crippen LogP contribution is -2.35. The Morgan fingerprint density at radius 1 is 1.27 bits per heavy atom. The van der Waals surface area contributed by atoms with Gasteiger partial charge in [-0.25, -0.2) is 0 Å². The Kier molecular flexibility index (Phi) is 6.13. The van der Waals surface area contributed by atoms with E-state index in [9.17, 15) is 0 Å². The average molecular weight is 156 g/mol. The van der Waals surface area contributed by atoms with E-state index in [1.165, 1.54) is 19.1 Å². The molecule has 0 aliphatic carbocycles. The minimum absolute atomic E-state index is 0.315. The van der Waals surface area contributed by atoms with Gasteiger partial charge < -0.3 is 5.41 Å². The molecule has 0 saturated carbocycles. The molecule has 11 heavy (non-hydrogen) atoms. The molecule has 66 valence electrons. The molecule has 0 amide bonds. The third-order valence-corrected chi connectivity index (χ3v) is 1.84. The fourth-order valence-electron chi connectivity index (χ4n) is 1.20. The second kappa shape index (κ2) is 6.35. The number of nitrogens with one attached hydrogen (secondary N) is 1. The van der Waals surface area contributed by atoms with Crippen LogP contribution in [0.2, 0.25) is 0 Å². The average Bonchev–Trinajstić information content (AvgIpc) is 2.03. The Bertz CT molecular complexity index is 95.7. The van der Waals surface area contributed by atoms with Crippen LogP contribution < -0.4 is 0 Å². The SMILES string of the molecule is CCCN(CCC)C(C)C=N. The number of nitrogens with zero attached hydrogens (tertiary/aromatic N) is 1. The first kappa shape index (κ1) is 10.6. The first-order valence-corrected chi connectivity index (χ1v) is 4.50. The minimum Gasteiger partial charge on any atom is -0.311 e. The van der Waals surface area contributed by atoms with Crippen LogP contribution in [-0.4, -0.2) is 30.2 Å². The Labute approximate surface area is 70.1 Å². The molecular formula is C9H20N2. The molecule has 0 spiro atoms. The highest BCUT2D eigenvalue weighted by Crippen LogP contribution is 1.99. The smallest absolute Gasteiger partial charge is 0.0415 e. The van der Waals surface area contributed by atoms with Gasteiger partial charge >= 0.3 is 0 Å². The van der Waals surface area contributed by atoms with E-state index in [2.05, 4.69) is 25.7 Å². The van der Waals surface area contributed by atoms with Crippen molar-refractivity contribution in [2.75, 3.05) is 13.1 Å². The fourth-order valence-corrected chi connectivity index (χ4v) is 1.20. The summed E-state index contributed by atoms with van der Waals surface area (Å²) in [5, 5.41) is 7.13. The molecule has 0 rings (SSSR count). The summed E-state index contributed by atoms with van der Waals surface area (Å²) in [7, 11) is 0. The Balaban J connectivity index is 3.75. The molecule has 0 aliphatic rings. The van der Waals surface area contributed by atoms with E-state index < -0.39 is 0 Å². The van der Waals surface area contributed by atoms with Gasteiger partial charge in [-0.3, -0.25) is 4.90 Å². The highest BCUT2D eigenvalue weighted by atomic mass is 15.1. The molecule has 1 atom stereocenters. The first-order chi connectivity index (χ1) is 5.26. The molecule has 2 nitrogen and oxygen atoms in total. The third kappa shape index (κ3) is 4.14. The maximum Gasteiger partial charge on any atom is 0.0415 e. The lowest BCUT2D eigenvalue weighted by atomic mass is 10.2. The van der Waals surface area contributed by atoms with Gasteiger partial charge in [0.2, 0.25) is 0 Å². The quantitative estimate of drug-likeness (QED) is 0.586. The van der Waals surface area contributed by atoms with Crippen LogP contribution in [0.15, 0.2) is 0 Å². The topological polar surface area (TPSA) is 27.1 Å². The summed E-state index contributed by atoms with van der Waals surface area (Å²) in [5.41, 5.74) is 0. The van der Waals surface area contributed by atoms with Crippen LogP contribution in [-0.2, 0) is 0 Å². The normalized spacial score (nSPS) is 13.5. The highest BCUT2D eigenvalue weighted by molar-refractivity contribution is 5.59. The van der Waals surface area contributed by atoms with E-state index >= 15 is 0 Å². The second-order valence-corrected chi connectivity index (χ2v) is 2.94. The Morgan fingerprint density at radius 2 is 1.73 bits per heavy atom. The van der Waals surface area contributed by atoms with Crippen LogP contribution in [0.4, 0.5) is 0 Å². The van der Waals surface area contributed by atoms with Gasteiger partial charge in [0.05, 0.1) is 0 Å².